The molecule has 1 aromatic heterocycles. The predicted octanol–water partition coefficient (Wildman–Crippen LogP) is 3.97. The third-order valence-corrected chi connectivity index (χ3v) is 5.88. The molecule has 0 unspecified atom stereocenters. The molecule has 3 heterocycles. The molecule has 1 aromatic carbocycles. The molecule has 2 fully saturated rings. The average molecular weight is 356 g/mol. The SMILES string of the molecule is O=C1CC[C@]2(CCCN(Cc3ccco3)CC2)N1Cc1cccc(F)c1. The standard InChI is InChI=1S/C21H25FN2O2/c22-18-5-1-4-17(14-18)15-24-20(25)7-9-21(24)8-3-11-23(12-10-21)16-19-6-2-13-26-19/h1-2,4-6,13-14H,3,7-12,15-16H2/t21-/m0/s1. The van der Waals surface area contributed by atoms with Crippen molar-refractivity contribution >= 4 is 5.91 Å². The fraction of sp³-hybridized carbons (Fsp3) is 0.476. The molecule has 0 N–H and O–H groups in total. The van der Waals surface area contributed by atoms with Crippen molar-refractivity contribution in [3.63, 3.8) is 0 Å². The fourth-order valence-electron chi connectivity index (χ4n) is 4.48. The van der Waals surface area contributed by atoms with Gasteiger partial charge in [0.25, 0.3) is 0 Å². The molecule has 4 nitrogen and oxygen atoms in total. The number of hydrogen-bond acceptors (Lipinski definition) is 3. The number of likely N-dealkylation sites (tertiary alicyclic amines) is 2. The van der Waals surface area contributed by atoms with Crippen molar-refractivity contribution in [1.29, 1.82) is 0 Å². The van der Waals surface area contributed by atoms with E-state index in [0.29, 0.717) is 13.0 Å². The average Bonchev–Trinajstić information content (AvgIpc) is 3.17. The van der Waals surface area contributed by atoms with Crippen LogP contribution in [0.2, 0.25) is 0 Å². The quantitative estimate of drug-likeness (QED) is 0.832. The molecule has 1 spiro atoms. The lowest BCUT2D eigenvalue weighted by atomic mass is 9.87. The zero-order valence-electron chi connectivity index (χ0n) is 15.0. The van der Waals surface area contributed by atoms with Crippen LogP contribution in [0.3, 0.4) is 0 Å². The van der Waals surface area contributed by atoms with Crippen molar-refractivity contribution in [2.45, 2.75) is 50.7 Å². The van der Waals surface area contributed by atoms with Crippen LogP contribution >= 0.6 is 0 Å². The Bertz CT molecular complexity index is 761. The summed E-state index contributed by atoms with van der Waals surface area (Å²) in [5.41, 5.74) is 0.790. The fourth-order valence-corrected chi connectivity index (χ4v) is 4.48. The second-order valence-electron chi connectivity index (χ2n) is 7.54. The maximum absolute atomic E-state index is 13.5. The first kappa shape index (κ1) is 17.3. The van der Waals surface area contributed by atoms with E-state index in [4.69, 9.17) is 4.42 Å². The van der Waals surface area contributed by atoms with Gasteiger partial charge in [0.15, 0.2) is 0 Å². The van der Waals surface area contributed by atoms with E-state index in [1.54, 1.807) is 18.4 Å². The van der Waals surface area contributed by atoms with Crippen LogP contribution in [0, 0.1) is 5.82 Å². The van der Waals surface area contributed by atoms with Crippen molar-refractivity contribution < 1.29 is 13.6 Å². The third-order valence-electron chi connectivity index (χ3n) is 5.88. The number of carbonyl (C=O) groups is 1. The van der Waals surface area contributed by atoms with Gasteiger partial charge >= 0.3 is 0 Å². The Morgan fingerprint density at radius 3 is 2.81 bits per heavy atom. The van der Waals surface area contributed by atoms with E-state index in [-0.39, 0.29) is 17.3 Å². The summed E-state index contributed by atoms with van der Waals surface area (Å²) in [6.07, 6.45) is 6.28. The maximum atomic E-state index is 13.5. The number of furan rings is 1. The van der Waals surface area contributed by atoms with Gasteiger partial charge in [0.2, 0.25) is 5.91 Å². The summed E-state index contributed by atoms with van der Waals surface area (Å²) in [7, 11) is 0. The van der Waals surface area contributed by atoms with Crippen molar-refractivity contribution in [1.82, 2.24) is 9.80 Å². The van der Waals surface area contributed by atoms with Gasteiger partial charge in [-0.05, 0) is 62.1 Å². The number of carbonyl (C=O) groups excluding carboxylic acids is 1. The van der Waals surface area contributed by atoms with Gasteiger partial charge in [0.05, 0.1) is 12.8 Å². The van der Waals surface area contributed by atoms with Gasteiger partial charge in [-0.25, -0.2) is 4.39 Å². The highest BCUT2D eigenvalue weighted by molar-refractivity contribution is 5.79. The van der Waals surface area contributed by atoms with Crippen molar-refractivity contribution in [2.75, 3.05) is 13.1 Å². The summed E-state index contributed by atoms with van der Waals surface area (Å²) in [4.78, 5) is 17.0. The van der Waals surface area contributed by atoms with Crippen LogP contribution in [0.5, 0.6) is 0 Å². The van der Waals surface area contributed by atoms with Gasteiger partial charge in [0, 0.05) is 25.0 Å². The zero-order valence-corrected chi connectivity index (χ0v) is 15.0. The molecule has 0 saturated carbocycles. The number of hydrogen-bond donors (Lipinski definition) is 0. The molecule has 2 aromatic rings. The molecular formula is C21H25FN2O2. The number of amides is 1. The lowest BCUT2D eigenvalue weighted by Gasteiger charge is -2.38. The molecule has 2 saturated heterocycles. The molecule has 2 aliphatic rings. The van der Waals surface area contributed by atoms with Gasteiger partial charge in [-0.2, -0.15) is 0 Å². The second-order valence-corrected chi connectivity index (χ2v) is 7.54. The first-order valence-electron chi connectivity index (χ1n) is 9.44. The Kier molecular flexibility index (Phi) is 4.81. The number of nitrogens with zero attached hydrogens (tertiary/aromatic N) is 2. The third kappa shape index (κ3) is 3.54. The van der Waals surface area contributed by atoms with Crippen LogP contribution in [0.25, 0.3) is 0 Å². The highest BCUT2D eigenvalue weighted by Gasteiger charge is 2.45. The molecule has 1 amide bonds. The zero-order chi connectivity index (χ0) is 18.0. The van der Waals surface area contributed by atoms with Crippen LogP contribution in [-0.2, 0) is 17.9 Å². The molecule has 138 valence electrons. The van der Waals surface area contributed by atoms with E-state index >= 15 is 0 Å². The first-order valence-corrected chi connectivity index (χ1v) is 9.44. The minimum Gasteiger partial charge on any atom is -0.468 e. The molecule has 2 aliphatic heterocycles. The van der Waals surface area contributed by atoms with Gasteiger partial charge < -0.3 is 9.32 Å². The Morgan fingerprint density at radius 1 is 1.08 bits per heavy atom. The highest BCUT2D eigenvalue weighted by atomic mass is 19.1. The Labute approximate surface area is 153 Å². The van der Waals surface area contributed by atoms with Crippen LogP contribution in [0.1, 0.15) is 43.4 Å². The summed E-state index contributed by atoms with van der Waals surface area (Å²) in [6.45, 7) is 3.30. The summed E-state index contributed by atoms with van der Waals surface area (Å²) < 4.78 is 19.0. The van der Waals surface area contributed by atoms with Crippen LogP contribution in [-0.4, -0.2) is 34.3 Å². The number of rotatable bonds is 4. The van der Waals surface area contributed by atoms with E-state index in [2.05, 4.69) is 4.90 Å². The normalized spacial score (nSPS) is 24.3. The molecule has 0 radical (unpaired) electrons. The monoisotopic (exact) mass is 356 g/mol. The van der Waals surface area contributed by atoms with E-state index < -0.39 is 0 Å². The van der Waals surface area contributed by atoms with Crippen LogP contribution in [0.15, 0.2) is 47.1 Å². The van der Waals surface area contributed by atoms with Gasteiger partial charge in [-0.3, -0.25) is 9.69 Å². The van der Waals surface area contributed by atoms with Gasteiger partial charge in [-0.15, -0.1) is 0 Å². The van der Waals surface area contributed by atoms with Crippen molar-refractivity contribution in [2.24, 2.45) is 0 Å². The second kappa shape index (κ2) is 7.23. The topological polar surface area (TPSA) is 36.7 Å². The van der Waals surface area contributed by atoms with Crippen molar-refractivity contribution in [3.05, 3.63) is 59.8 Å². The lowest BCUT2D eigenvalue weighted by Crippen LogP contribution is -2.45. The Morgan fingerprint density at radius 2 is 2.00 bits per heavy atom. The van der Waals surface area contributed by atoms with E-state index in [1.807, 2.05) is 23.1 Å². The summed E-state index contributed by atoms with van der Waals surface area (Å²) in [6, 6.07) is 10.5. The lowest BCUT2D eigenvalue weighted by molar-refractivity contribution is -0.132. The van der Waals surface area contributed by atoms with E-state index in [9.17, 15) is 9.18 Å². The largest absolute Gasteiger partial charge is 0.468 e. The Balaban J connectivity index is 1.47. The minimum atomic E-state index is -0.242. The van der Waals surface area contributed by atoms with Crippen LogP contribution < -0.4 is 0 Å². The smallest absolute Gasteiger partial charge is 0.223 e. The van der Waals surface area contributed by atoms with Crippen LogP contribution in [0.4, 0.5) is 4.39 Å². The molecular weight excluding hydrogens is 331 g/mol. The summed E-state index contributed by atoms with van der Waals surface area (Å²) in [5, 5.41) is 0. The minimum absolute atomic E-state index is 0.0820. The summed E-state index contributed by atoms with van der Waals surface area (Å²) >= 11 is 0. The highest BCUT2D eigenvalue weighted by Crippen LogP contribution is 2.40. The first-order chi connectivity index (χ1) is 12.6. The van der Waals surface area contributed by atoms with Gasteiger partial charge in [-0.1, -0.05) is 12.1 Å². The Hall–Kier alpha value is -2.14. The molecule has 5 heteroatoms. The molecule has 1 atom stereocenters. The molecule has 0 aliphatic carbocycles. The van der Waals surface area contributed by atoms with Gasteiger partial charge in [0.1, 0.15) is 11.6 Å². The number of benzene rings is 1. The predicted molar refractivity (Wildman–Crippen MR) is 96.8 cm³/mol. The number of halogens is 1. The van der Waals surface area contributed by atoms with E-state index in [1.165, 1.54) is 6.07 Å². The molecule has 0 bridgehead atoms. The van der Waals surface area contributed by atoms with E-state index in [0.717, 1.165) is 56.6 Å². The van der Waals surface area contributed by atoms with Crippen molar-refractivity contribution in [3.8, 4) is 0 Å². The molecule has 26 heavy (non-hydrogen) atoms. The molecule has 4 rings (SSSR count). The maximum Gasteiger partial charge on any atom is 0.223 e. The summed E-state index contributed by atoms with van der Waals surface area (Å²) in [5.74, 6) is 0.947.